The van der Waals surface area contributed by atoms with Gasteiger partial charge in [0.15, 0.2) is 0 Å². The smallest absolute Gasteiger partial charge is 0.322 e. The molecule has 0 radical (unpaired) electrons. The topological polar surface area (TPSA) is 81.8 Å². The third kappa shape index (κ3) is 5.21. The number of hydrogen-bond donors (Lipinski definition) is 2. The van der Waals surface area contributed by atoms with Gasteiger partial charge in [0, 0.05) is 37.9 Å². The number of urea groups is 1. The first-order valence-corrected chi connectivity index (χ1v) is 9.60. The zero-order valence-corrected chi connectivity index (χ0v) is 16.7. The number of anilines is 2. The van der Waals surface area contributed by atoms with E-state index in [0.29, 0.717) is 37.3 Å². The van der Waals surface area contributed by atoms with Gasteiger partial charge in [0.25, 0.3) is 0 Å². The molecule has 1 atom stereocenters. The van der Waals surface area contributed by atoms with Crippen molar-refractivity contribution in [3.63, 3.8) is 0 Å². The SMILES string of the molecule is CCCC[C@@H]1C(=O)N(C)CCN1C(=O)Nc1ccc(C)c(NC(=O)CC)c1. The highest BCUT2D eigenvalue weighted by atomic mass is 16.2. The molecule has 2 rings (SSSR count). The summed E-state index contributed by atoms with van der Waals surface area (Å²) in [4.78, 5) is 40.3. The normalized spacial score (nSPS) is 17.0. The zero-order chi connectivity index (χ0) is 20.0. The van der Waals surface area contributed by atoms with Crippen LogP contribution in [0, 0.1) is 6.92 Å². The molecule has 1 heterocycles. The molecule has 2 N–H and O–H groups in total. The average molecular weight is 374 g/mol. The molecule has 1 saturated heterocycles. The number of benzene rings is 1. The van der Waals surface area contributed by atoms with Gasteiger partial charge in [0.2, 0.25) is 11.8 Å². The van der Waals surface area contributed by atoms with Crippen molar-refractivity contribution >= 4 is 29.2 Å². The molecule has 7 nitrogen and oxygen atoms in total. The second-order valence-electron chi connectivity index (χ2n) is 6.97. The molecule has 0 aromatic heterocycles. The summed E-state index contributed by atoms with van der Waals surface area (Å²) in [5.74, 6) is -0.0875. The van der Waals surface area contributed by atoms with E-state index in [-0.39, 0.29) is 17.8 Å². The van der Waals surface area contributed by atoms with Gasteiger partial charge in [-0.25, -0.2) is 4.79 Å². The fraction of sp³-hybridized carbons (Fsp3) is 0.550. The number of rotatable bonds is 6. The van der Waals surface area contributed by atoms with Crippen LogP contribution in [0.5, 0.6) is 0 Å². The van der Waals surface area contributed by atoms with Crippen molar-refractivity contribution in [2.24, 2.45) is 0 Å². The fourth-order valence-electron chi connectivity index (χ4n) is 3.10. The monoisotopic (exact) mass is 374 g/mol. The predicted molar refractivity (Wildman–Crippen MR) is 107 cm³/mol. The van der Waals surface area contributed by atoms with Gasteiger partial charge < -0.3 is 20.4 Å². The number of aryl methyl sites for hydroxylation is 1. The number of carbonyl (C=O) groups excluding carboxylic acids is 3. The van der Waals surface area contributed by atoms with Crippen LogP contribution < -0.4 is 10.6 Å². The molecular formula is C20H30N4O3. The van der Waals surface area contributed by atoms with E-state index in [1.54, 1.807) is 35.9 Å². The van der Waals surface area contributed by atoms with Crippen molar-refractivity contribution in [2.75, 3.05) is 30.8 Å². The lowest BCUT2D eigenvalue weighted by molar-refractivity contribution is -0.138. The molecule has 0 spiro atoms. The highest BCUT2D eigenvalue weighted by Crippen LogP contribution is 2.22. The summed E-state index contributed by atoms with van der Waals surface area (Å²) in [5, 5.41) is 5.72. The number of carbonyl (C=O) groups is 3. The van der Waals surface area contributed by atoms with Gasteiger partial charge in [-0.1, -0.05) is 32.8 Å². The van der Waals surface area contributed by atoms with Crippen LogP contribution in [-0.2, 0) is 9.59 Å². The van der Waals surface area contributed by atoms with Gasteiger partial charge in [0.1, 0.15) is 6.04 Å². The Balaban J connectivity index is 2.13. The summed E-state index contributed by atoms with van der Waals surface area (Å²) < 4.78 is 0. The van der Waals surface area contributed by atoms with Crippen molar-refractivity contribution in [1.82, 2.24) is 9.80 Å². The van der Waals surface area contributed by atoms with Crippen LogP contribution in [0.15, 0.2) is 18.2 Å². The summed E-state index contributed by atoms with van der Waals surface area (Å²) in [6.45, 7) is 6.79. The number of nitrogens with zero attached hydrogens (tertiary/aromatic N) is 2. The molecule has 4 amide bonds. The quantitative estimate of drug-likeness (QED) is 0.802. The Labute approximate surface area is 161 Å². The standard InChI is InChI=1S/C20H30N4O3/c1-5-7-8-17-19(26)23(4)11-12-24(17)20(27)21-15-10-9-14(3)16(13-15)22-18(25)6-2/h9-10,13,17H,5-8,11-12H2,1-4H3,(H,21,27)(H,22,25)/t17-/m1/s1. The van der Waals surface area contributed by atoms with Crippen LogP contribution in [0.3, 0.4) is 0 Å². The maximum absolute atomic E-state index is 12.8. The minimum Gasteiger partial charge on any atom is -0.342 e. The van der Waals surface area contributed by atoms with Crippen molar-refractivity contribution in [3.8, 4) is 0 Å². The van der Waals surface area contributed by atoms with E-state index < -0.39 is 6.04 Å². The van der Waals surface area contributed by atoms with Crippen LogP contribution in [0.25, 0.3) is 0 Å². The summed E-state index contributed by atoms with van der Waals surface area (Å²) in [7, 11) is 1.78. The van der Waals surface area contributed by atoms with Crippen molar-refractivity contribution < 1.29 is 14.4 Å². The second-order valence-corrected chi connectivity index (χ2v) is 6.97. The van der Waals surface area contributed by atoms with E-state index in [2.05, 4.69) is 17.6 Å². The molecule has 0 aliphatic carbocycles. The molecule has 1 aromatic carbocycles. The van der Waals surface area contributed by atoms with Gasteiger partial charge in [-0.15, -0.1) is 0 Å². The molecule has 1 fully saturated rings. The fourth-order valence-corrected chi connectivity index (χ4v) is 3.10. The van der Waals surface area contributed by atoms with Crippen LogP contribution in [0.4, 0.5) is 16.2 Å². The van der Waals surface area contributed by atoms with Gasteiger partial charge in [-0.3, -0.25) is 9.59 Å². The summed E-state index contributed by atoms with van der Waals surface area (Å²) in [6, 6.07) is 4.69. The molecule has 148 valence electrons. The number of hydrogen-bond acceptors (Lipinski definition) is 3. The lowest BCUT2D eigenvalue weighted by Gasteiger charge is -2.39. The van der Waals surface area contributed by atoms with E-state index in [1.807, 2.05) is 13.0 Å². The van der Waals surface area contributed by atoms with E-state index in [4.69, 9.17) is 0 Å². The zero-order valence-electron chi connectivity index (χ0n) is 16.7. The number of piperazine rings is 1. The molecular weight excluding hydrogens is 344 g/mol. The van der Waals surface area contributed by atoms with E-state index in [9.17, 15) is 14.4 Å². The van der Waals surface area contributed by atoms with Gasteiger partial charge >= 0.3 is 6.03 Å². The Bertz CT molecular complexity index is 704. The Morgan fingerprint density at radius 1 is 1.19 bits per heavy atom. The molecule has 27 heavy (non-hydrogen) atoms. The molecule has 0 saturated carbocycles. The lowest BCUT2D eigenvalue weighted by Crippen LogP contribution is -2.58. The molecule has 0 unspecified atom stereocenters. The minimum absolute atomic E-state index is 0.00958. The van der Waals surface area contributed by atoms with E-state index in [1.165, 1.54) is 0 Å². The molecule has 1 aliphatic rings. The Hall–Kier alpha value is -2.57. The highest BCUT2D eigenvalue weighted by molar-refractivity contribution is 5.96. The van der Waals surface area contributed by atoms with Crippen molar-refractivity contribution in [2.45, 2.75) is 52.5 Å². The number of amides is 4. The first-order chi connectivity index (χ1) is 12.9. The summed E-state index contributed by atoms with van der Waals surface area (Å²) >= 11 is 0. The molecule has 7 heteroatoms. The summed E-state index contributed by atoms with van der Waals surface area (Å²) in [5.41, 5.74) is 2.19. The molecule has 0 bridgehead atoms. The van der Waals surface area contributed by atoms with Gasteiger partial charge in [-0.05, 0) is 31.0 Å². The first-order valence-electron chi connectivity index (χ1n) is 9.60. The van der Waals surface area contributed by atoms with Crippen LogP contribution in [-0.4, -0.2) is 53.8 Å². The third-order valence-corrected chi connectivity index (χ3v) is 4.89. The van der Waals surface area contributed by atoms with E-state index in [0.717, 1.165) is 18.4 Å². The summed E-state index contributed by atoms with van der Waals surface area (Å²) in [6.07, 6.45) is 2.92. The van der Waals surface area contributed by atoms with Crippen LogP contribution in [0.2, 0.25) is 0 Å². The first kappa shape index (κ1) is 20.7. The number of nitrogens with one attached hydrogen (secondary N) is 2. The lowest BCUT2D eigenvalue weighted by atomic mass is 10.0. The predicted octanol–water partition coefficient (Wildman–Crippen LogP) is 3.21. The van der Waals surface area contributed by atoms with Gasteiger partial charge in [-0.2, -0.15) is 0 Å². The second kappa shape index (κ2) is 9.39. The Kier molecular flexibility index (Phi) is 7.21. The van der Waals surface area contributed by atoms with Crippen molar-refractivity contribution in [3.05, 3.63) is 23.8 Å². The van der Waals surface area contributed by atoms with Crippen LogP contribution >= 0.6 is 0 Å². The highest BCUT2D eigenvalue weighted by Gasteiger charge is 2.35. The van der Waals surface area contributed by atoms with E-state index >= 15 is 0 Å². The van der Waals surface area contributed by atoms with Crippen molar-refractivity contribution in [1.29, 1.82) is 0 Å². The maximum Gasteiger partial charge on any atom is 0.322 e. The Morgan fingerprint density at radius 3 is 2.59 bits per heavy atom. The maximum atomic E-state index is 12.8. The largest absolute Gasteiger partial charge is 0.342 e. The molecule has 1 aromatic rings. The Morgan fingerprint density at radius 2 is 1.93 bits per heavy atom. The van der Waals surface area contributed by atoms with Crippen LogP contribution in [0.1, 0.15) is 45.1 Å². The average Bonchev–Trinajstić information content (AvgIpc) is 2.65. The van der Waals surface area contributed by atoms with Gasteiger partial charge in [0.05, 0.1) is 0 Å². The third-order valence-electron chi connectivity index (χ3n) is 4.89. The minimum atomic E-state index is -0.423. The molecule has 1 aliphatic heterocycles. The number of unbranched alkanes of at least 4 members (excludes halogenated alkanes) is 1. The number of likely N-dealkylation sites (N-methyl/N-ethyl adjacent to an activating group) is 1.